The van der Waals surface area contributed by atoms with Gasteiger partial charge in [0.1, 0.15) is 0 Å². The number of nitrogens with zero attached hydrogens (tertiary/aromatic N) is 1. The smallest absolute Gasteiger partial charge is 0.340 e. The van der Waals surface area contributed by atoms with Crippen molar-refractivity contribution in [3.05, 3.63) is 22.4 Å². The summed E-state index contributed by atoms with van der Waals surface area (Å²) in [4.78, 5) is 15.1. The lowest BCUT2D eigenvalue weighted by molar-refractivity contribution is 0.0525. The third-order valence-electron chi connectivity index (χ3n) is 1.40. The van der Waals surface area contributed by atoms with Gasteiger partial charge in [-0.15, -0.1) is 0 Å². The van der Waals surface area contributed by atoms with Gasteiger partial charge in [-0.05, 0) is 22.9 Å². The molecule has 0 bridgehead atoms. The minimum Gasteiger partial charge on any atom is -0.462 e. The van der Waals surface area contributed by atoms with Crippen molar-refractivity contribution in [3.63, 3.8) is 0 Å². The number of halogens is 1. The van der Waals surface area contributed by atoms with Crippen LogP contribution in [0.25, 0.3) is 0 Å². The van der Waals surface area contributed by atoms with E-state index in [0.717, 1.165) is 0 Å². The first-order chi connectivity index (χ1) is 6.16. The lowest BCUT2D eigenvalue weighted by atomic mass is 10.3. The van der Waals surface area contributed by atoms with Gasteiger partial charge in [-0.3, -0.25) is 4.98 Å². The largest absolute Gasteiger partial charge is 0.462 e. The topological polar surface area (TPSA) is 65.2 Å². The molecular formula is C8H9BrN2O2. The Kier molecular flexibility index (Phi) is 3.25. The first kappa shape index (κ1) is 9.98. The van der Waals surface area contributed by atoms with Crippen LogP contribution in [-0.2, 0) is 4.74 Å². The molecule has 0 saturated heterocycles. The Morgan fingerprint density at radius 3 is 3.00 bits per heavy atom. The molecule has 1 heterocycles. The molecule has 13 heavy (non-hydrogen) atoms. The van der Waals surface area contributed by atoms with Gasteiger partial charge in [0.25, 0.3) is 0 Å². The summed E-state index contributed by atoms with van der Waals surface area (Å²) in [5.74, 6) is -0.422. The molecule has 0 radical (unpaired) electrons. The zero-order valence-corrected chi connectivity index (χ0v) is 8.67. The zero-order chi connectivity index (χ0) is 9.84. The van der Waals surface area contributed by atoms with E-state index < -0.39 is 5.97 Å². The highest BCUT2D eigenvalue weighted by atomic mass is 79.9. The number of anilines is 1. The van der Waals surface area contributed by atoms with E-state index in [4.69, 9.17) is 10.5 Å². The number of rotatable bonds is 2. The van der Waals surface area contributed by atoms with Crippen molar-refractivity contribution in [2.24, 2.45) is 0 Å². The number of carbonyl (C=O) groups is 1. The van der Waals surface area contributed by atoms with Gasteiger partial charge in [-0.1, -0.05) is 0 Å². The van der Waals surface area contributed by atoms with Crippen molar-refractivity contribution >= 4 is 27.6 Å². The Morgan fingerprint density at radius 1 is 1.69 bits per heavy atom. The van der Waals surface area contributed by atoms with Crippen LogP contribution in [0.3, 0.4) is 0 Å². The third-order valence-corrected chi connectivity index (χ3v) is 2.29. The number of hydrogen-bond donors (Lipinski definition) is 1. The summed E-state index contributed by atoms with van der Waals surface area (Å²) in [6, 6.07) is 0. The Balaban J connectivity index is 3.01. The second-order valence-corrected chi connectivity index (χ2v) is 3.10. The maximum absolute atomic E-state index is 11.3. The molecule has 0 aromatic carbocycles. The van der Waals surface area contributed by atoms with Crippen LogP contribution in [0.4, 0.5) is 5.69 Å². The van der Waals surface area contributed by atoms with E-state index in [1.54, 1.807) is 6.92 Å². The van der Waals surface area contributed by atoms with Crippen molar-refractivity contribution in [1.82, 2.24) is 4.98 Å². The molecule has 1 rings (SSSR count). The van der Waals surface area contributed by atoms with Crippen LogP contribution in [0.5, 0.6) is 0 Å². The van der Waals surface area contributed by atoms with Crippen molar-refractivity contribution in [3.8, 4) is 0 Å². The van der Waals surface area contributed by atoms with Gasteiger partial charge in [-0.25, -0.2) is 4.79 Å². The fourth-order valence-corrected chi connectivity index (χ4v) is 1.18. The monoisotopic (exact) mass is 244 g/mol. The number of carbonyl (C=O) groups excluding carboxylic acids is 1. The van der Waals surface area contributed by atoms with Crippen LogP contribution in [0.15, 0.2) is 16.9 Å². The second kappa shape index (κ2) is 4.23. The Labute approximate surface area is 84.2 Å². The van der Waals surface area contributed by atoms with Crippen LogP contribution in [0.1, 0.15) is 17.3 Å². The summed E-state index contributed by atoms with van der Waals surface area (Å²) in [6.07, 6.45) is 2.88. The van der Waals surface area contributed by atoms with Gasteiger partial charge in [-0.2, -0.15) is 0 Å². The summed E-state index contributed by atoms with van der Waals surface area (Å²) >= 11 is 3.18. The highest BCUT2D eigenvalue weighted by molar-refractivity contribution is 9.10. The molecule has 1 aromatic heterocycles. The van der Waals surface area contributed by atoms with Gasteiger partial charge in [0, 0.05) is 6.20 Å². The molecule has 1 aromatic rings. The van der Waals surface area contributed by atoms with Gasteiger partial charge in [0.05, 0.1) is 28.5 Å². The lowest BCUT2D eigenvalue weighted by Gasteiger charge is -2.04. The number of aromatic nitrogens is 1. The summed E-state index contributed by atoms with van der Waals surface area (Å²) in [5, 5.41) is 0. The minimum atomic E-state index is -0.422. The maximum atomic E-state index is 11.3. The molecule has 5 heteroatoms. The predicted octanol–water partition coefficient (Wildman–Crippen LogP) is 1.60. The SMILES string of the molecule is CCOC(=O)c1cncc(N)c1Br. The van der Waals surface area contributed by atoms with E-state index in [2.05, 4.69) is 20.9 Å². The molecule has 4 nitrogen and oxygen atoms in total. The van der Waals surface area contributed by atoms with Crippen molar-refractivity contribution in [2.75, 3.05) is 12.3 Å². The Bertz CT molecular complexity index is 328. The van der Waals surface area contributed by atoms with Crippen LogP contribution in [0.2, 0.25) is 0 Å². The molecule has 70 valence electrons. The van der Waals surface area contributed by atoms with E-state index in [1.165, 1.54) is 12.4 Å². The van der Waals surface area contributed by atoms with Gasteiger partial charge < -0.3 is 10.5 Å². The standard InChI is InChI=1S/C8H9BrN2O2/c1-2-13-8(12)5-3-11-4-6(10)7(5)9/h3-4H,2,10H2,1H3. The Hall–Kier alpha value is -1.10. The fourth-order valence-electron chi connectivity index (χ4n) is 0.812. The van der Waals surface area contributed by atoms with Gasteiger partial charge in [0.2, 0.25) is 0 Å². The average molecular weight is 245 g/mol. The number of esters is 1. The number of nitrogen functional groups attached to an aromatic ring is 1. The summed E-state index contributed by atoms with van der Waals surface area (Å²) in [6.45, 7) is 2.08. The molecule has 0 atom stereocenters. The lowest BCUT2D eigenvalue weighted by Crippen LogP contribution is -2.07. The quantitative estimate of drug-likeness (QED) is 0.803. The number of hydrogen-bond acceptors (Lipinski definition) is 4. The molecule has 0 aliphatic carbocycles. The highest BCUT2D eigenvalue weighted by Gasteiger charge is 2.12. The molecule has 0 saturated carbocycles. The first-order valence-corrected chi connectivity index (χ1v) is 4.52. The average Bonchev–Trinajstić information content (AvgIpc) is 2.10. The van der Waals surface area contributed by atoms with Gasteiger partial charge >= 0.3 is 5.97 Å². The predicted molar refractivity (Wildman–Crippen MR) is 52.3 cm³/mol. The van der Waals surface area contributed by atoms with Crippen LogP contribution in [-0.4, -0.2) is 17.6 Å². The molecular weight excluding hydrogens is 236 g/mol. The second-order valence-electron chi connectivity index (χ2n) is 2.31. The van der Waals surface area contributed by atoms with Crippen LogP contribution in [0, 0.1) is 0 Å². The molecule has 0 unspecified atom stereocenters. The van der Waals surface area contributed by atoms with Crippen LogP contribution < -0.4 is 5.73 Å². The Morgan fingerprint density at radius 2 is 2.38 bits per heavy atom. The summed E-state index contributed by atoms with van der Waals surface area (Å²) in [5.41, 5.74) is 6.31. The van der Waals surface area contributed by atoms with E-state index in [-0.39, 0.29) is 0 Å². The maximum Gasteiger partial charge on any atom is 0.340 e. The minimum absolute atomic E-state index is 0.333. The van der Waals surface area contributed by atoms with E-state index in [1.807, 2.05) is 0 Å². The van der Waals surface area contributed by atoms with E-state index in [0.29, 0.717) is 22.3 Å². The number of pyridine rings is 1. The highest BCUT2D eigenvalue weighted by Crippen LogP contribution is 2.22. The number of ether oxygens (including phenoxy) is 1. The van der Waals surface area contributed by atoms with E-state index >= 15 is 0 Å². The third kappa shape index (κ3) is 2.18. The molecule has 0 aliphatic rings. The van der Waals surface area contributed by atoms with Crippen molar-refractivity contribution < 1.29 is 9.53 Å². The molecule has 2 N–H and O–H groups in total. The van der Waals surface area contributed by atoms with E-state index in [9.17, 15) is 4.79 Å². The zero-order valence-electron chi connectivity index (χ0n) is 7.08. The molecule has 0 aliphatic heterocycles. The normalized spacial score (nSPS) is 9.69. The molecule has 0 fully saturated rings. The van der Waals surface area contributed by atoms with Gasteiger partial charge in [0.15, 0.2) is 0 Å². The summed E-state index contributed by atoms with van der Waals surface area (Å²) in [7, 11) is 0. The number of nitrogens with two attached hydrogens (primary N) is 1. The van der Waals surface area contributed by atoms with Crippen LogP contribution >= 0.6 is 15.9 Å². The molecule has 0 spiro atoms. The molecule has 0 amide bonds. The fraction of sp³-hybridized carbons (Fsp3) is 0.250. The summed E-state index contributed by atoms with van der Waals surface area (Å²) < 4.78 is 5.33. The first-order valence-electron chi connectivity index (χ1n) is 3.73. The van der Waals surface area contributed by atoms with Crippen molar-refractivity contribution in [1.29, 1.82) is 0 Å². The van der Waals surface area contributed by atoms with Crippen molar-refractivity contribution in [2.45, 2.75) is 6.92 Å².